The third-order valence-electron chi connectivity index (χ3n) is 3.80. The zero-order valence-corrected chi connectivity index (χ0v) is 18.1. The Hall–Kier alpha value is -2.15. The van der Waals surface area contributed by atoms with Crippen LogP contribution >= 0.6 is 45.2 Å². The number of amides is 2. The Morgan fingerprint density at radius 2 is 1.85 bits per heavy atom. The minimum atomic E-state index is -0.578. The average molecular weight is 590 g/mol. The Bertz CT molecular complexity index is 986. The molecule has 0 unspecified atom stereocenters. The fourth-order valence-electron chi connectivity index (χ4n) is 2.46. The maximum atomic E-state index is 12.7. The number of phenols is 1. The molecule has 2 aromatic rings. The van der Waals surface area contributed by atoms with Gasteiger partial charge in [-0.15, -0.1) is 0 Å². The van der Waals surface area contributed by atoms with Crippen LogP contribution in [0, 0.1) is 7.14 Å². The normalized spacial score (nSPS) is 15.2. The van der Waals surface area contributed by atoms with Crippen LogP contribution in [0.15, 0.2) is 42.0 Å². The Morgan fingerprint density at radius 3 is 2.48 bits per heavy atom. The van der Waals surface area contributed by atoms with E-state index in [4.69, 9.17) is 0 Å². The standard InChI is InChI=1S/C18H12I2N2O5/c1-27-18(26)9-2-4-12(5-3-9)22-17(25)13(16(24)21-22)7-10-6-11(19)8-14(20)15(10)23/h2-8,23H,1H3,(H,21,24). The number of phenolic OH excluding ortho intramolecular Hbond substituents is 1. The zero-order chi connectivity index (χ0) is 19.7. The smallest absolute Gasteiger partial charge is 0.337 e. The molecule has 1 aliphatic heterocycles. The number of rotatable bonds is 3. The van der Waals surface area contributed by atoms with Crippen LogP contribution in [0.4, 0.5) is 5.69 Å². The summed E-state index contributed by atoms with van der Waals surface area (Å²) in [5.74, 6) is -1.63. The second-order valence-electron chi connectivity index (χ2n) is 5.50. The second kappa shape index (κ2) is 7.84. The van der Waals surface area contributed by atoms with Gasteiger partial charge < -0.3 is 9.84 Å². The lowest BCUT2D eigenvalue weighted by molar-refractivity contribution is -0.117. The maximum Gasteiger partial charge on any atom is 0.337 e. The van der Waals surface area contributed by atoms with Crippen LogP contribution in [0.2, 0.25) is 0 Å². The highest BCUT2D eigenvalue weighted by Gasteiger charge is 2.34. The quantitative estimate of drug-likeness (QED) is 0.248. The van der Waals surface area contributed by atoms with Crippen molar-refractivity contribution in [3.63, 3.8) is 0 Å². The van der Waals surface area contributed by atoms with Crippen molar-refractivity contribution in [3.05, 3.63) is 60.2 Å². The van der Waals surface area contributed by atoms with E-state index in [0.717, 1.165) is 8.58 Å². The summed E-state index contributed by atoms with van der Waals surface area (Å²) >= 11 is 4.07. The monoisotopic (exact) mass is 590 g/mol. The molecule has 2 N–H and O–H groups in total. The molecule has 1 fully saturated rings. The number of anilines is 1. The zero-order valence-electron chi connectivity index (χ0n) is 13.8. The number of aromatic hydroxyl groups is 1. The number of hydrogen-bond donors (Lipinski definition) is 2. The van der Waals surface area contributed by atoms with Crippen LogP contribution in [0.5, 0.6) is 5.75 Å². The molecule has 2 amide bonds. The number of esters is 1. The van der Waals surface area contributed by atoms with Crippen molar-refractivity contribution in [2.75, 3.05) is 12.1 Å². The van der Waals surface area contributed by atoms with Gasteiger partial charge in [-0.25, -0.2) is 9.80 Å². The summed E-state index contributed by atoms with van der Waals surface area (Å²) < 4.78 is 6.11. The number of nitrogens with one attached hydrogen (secondary N) is 1. The number of methoxy groups -OCH3 is 1. The van der Waals surface area contributed by atoms with Crippen molar-refractivity contribution in [1.82, 2.24) is 5.43 Å². The van der Waals surface area contributed by atoms with Crippen molar-refractivity contribution < 1.29 is 24.2 Å². The molecule has 0 aromatic heterocycles. The SMILES string of the molecule is COC(=O)c1ccc(N2NC(=O)C(=Cc3cc(I)cc(I)c3O)C2=O)cc1. The number of nitrogens with zero attached hydrogens (tertiary/aromatic N) is 1. The van der Waals surface area contributed by atoms with Crippen LogP contribution in [0.1, 0.15) is 15.9 Å². The molecule has 138 valence electrons. The molecule has 3 rings (SSSR count). The molecule has 0 saturated carbocycles. The highest BCUT2D eigenvalue weighted by molar-refractivity contribution is 14.1. The molecule has 0 aliphatic carbocycles. The molecule has 0 bridgehead atoms. The van der Waals surface area contributed by atoms with E-state index in [9.17, 15) is 19.5 Å². The summed E-state index contributed by atoms with van der Waals surface area (Å²) in [6, 6.07) is 9.51. The van der Waals surface area contributed by atoms with E-state index >= 15 is 0 Å². The van der Waals surface area contributed by atoms with Crippen molar-refractivity contribution >= 4 is 74.7 Å². The van der Waals surface area contributed by atoms with Gasteiger partial charge in [-0.2, -0.15) is 0 Å². The molecular weight excluding hydrogens is 578 g/mol. The van der Waals surface area contributed by atoms with Gasteiger partial charge in [-0.05, 0) is 87.7 Å². The fraction of sp³-hybridized carbons (Fsp3) is 0.0556. The van der Waals surface area contributed by atoms with E-state index in [0.29, 0.717) is 20.4 Å². The molecule has 27 heavy (non-hydrogen) atoms. The Kier molecular flexibility index (Phi) is 5.69. The number of carbonyl (C=O) groups is 3. The molecule has 1 heterocycles. The minimum absolute atomic E-state index is 0.00463. The second-order valence-corrected chi connectivity index (χ2v) is 7.91. The van der Waals surface area contributed by atoms with E-state index < -0.39 is 17.8 Å². The number of benzene rings is 2. The van der Waals surface area contributed by atoms with Crippen LogP contribution in [0.25, 0.3) is 6.08 Å². The van der Waals surface area contributed by atoms with Crippen LogP contribution in [-0.2, 0) is 14.3 Å². The van der Waals surface area contributed by atoms with Crippen molar-refractivity contribution in [2.24, 2.45) is 0 Å². The number of hydrazine groups is 1. The highest BCUT2D eigenvalue weighted by Crippen LogP contribution is 2.30. The van der Waals surface area contributed by atoms with Crippen molar-refractivity contribution in [3.8, 4) is 5.75 Å². The largest absolute Gasteiger partial charge is 0.506 e. The molecule has 0 spiro atoms. The summed E-state index contributed by atoms with van der Waals surface area (Å²) in [6.07, 6.45) is 1.36. The van der Waals surface area contributed by atoms with Gasteiger partial charge in [0.25, 0.3) is 11.8 Å². The fourth-order valence-corrected chi connectivity index (χ4v) is 4.34. The van der Waals surface area contributed by atoms with E-state index in [2.05, 4.69) is 32.8 Å². The molecule has 0 atom stereocenters. The maximum absolute atomic E-state index is 12.7. The highest BCUT2D eigenvalue weighted by atomic mass is 127. The summed E-state index contributed by atoms with van der Waals surface area (Å²) in [5, 5.41) is 11.3. The molecular formula is C18H12I2N2O5. The number of hydrogen-bond acceptors (Lipinski definition) is 5. The minimum Gasteiger partial charge on any atom is -0.506 e. The van der Waals surface area contributed by atoms with Gasteiger partial charge in [0, 0.05) is 9.13 Å². The third kappa shape index (κ3) is 3.93. The van der Waals surface area contributed by atoms with Crippen molar-refractivity contribution in [1.29, 1.82) is 0 Å². The summed E-state index contributed by atoms with van der Waals surface area (Å²) in [7, 11) is 1.28. The van der Waals surface area contributed by atoms with E-state index in [1.54, 1.807) is 12.1 Å². The Morgan fingerprint density at radius 1 is 1.19 bits per heavy atom. The predicted molar refractivity (Wildman–Crippen MR) is 115 cm³/mol. The first-order valence-corrected chi connectivity index (χ1v) is 9.71. The van der Waals surface area contributed by atoms with Gasteiger partial charge >= 0.3 is 5.97 Å². The lowest BCUT2D eigenvalue weighted by Gasteiger charge is -2.14. The number of carbonyl (C=O) groups excluding carboxylic acids is 3. The lowest BCUT2D eigenvalue weighted by Crippen LogP contribution is -2.35. The average Bonchev–Trinajstić information content (AvgIpc) is 2.93. The Balaban J connectivity index is 1.93. The molecule has 9 heteroatoms. The first-order chi connectivity index (χ1) is 12.8. The van der Waals surface area contributed by atoms with Crippen LogP contribution in [-0.4, -0.2) is 30.0 Å². The van der Waals surface area contributed by atoms with Gasteiger partial charge in [0.2, 0.25) is 0 Å². The molecule has 1 saturated heterocycles. The lowest BCUT2D eigenvalue weighted by atomic mass is 10.1. The number of halogens is 2. The molecule has 0 radical (unpaired) electrons. The topological polar surface area (TPSA) is 95.9 Å². The molecule has 7 nitrogen and oxygen atoms in total. The predicted octanol–water partition coefficient (Wildman–Crippen LogP) is 2.85. The number of ether oxygens (including phenoxy) is 1. The van der Waals surface area contributed by atoms with Gasteiger partial charge in [0.15, 0.2) is 0 Å². The van der Waals surface area contributed by atoms with E-state index in [1.807, 2.05) is 22.6 Å². The summed E-state index contributed by atoms with van der Waals surface area (Å²) in [6.45, 7) is 0. The Labute approximate surface area is 181 Å². The summed E-state index contributed by atoms with van der Waals surface area (Å²) in [4.78, 5) is 36.4. The van der Waals surface area contributed by atoms with Gasteiger partial charge in [0.05, 0.1) is 21.9 Å². The first-order valence-electron chi connectivity index (χ1n) is 7.55. The first kappa shape index (κ1) is 19.6. The summed E-state index contributed by atoms with van der Waals surface area (Å²) in [5.41, 5.74) is 3.48. The van der Waals surface area contributed by atoms with Crippen molar-refractivity contribution in [2.45, 2.75) is 0 Å². The molecule has 1 aliphatic rings. The van der Waals surface area contributed by atoms with Gasteiger partial charge in [-0.3, -0.25) is 15.0 Å². The van der Waals surface area contributed by atoms with E-state index in [-0.39, 0.29) is 11.3 Å². The molecule has 2 aromatic carbocycles. The van der Waals surface area contributed by atoms with Crippen LogP contribution < -0.4 is 10.4 Å². The van der Waals surface area contributed by atoms with E-state index in [1.165, 1.54) is 37.5 Å². The third-order valence-corrected chi connectivity index (χ3v) is 5.24. The van der Waals surface area contributed by atoms with Crippen LogP contribution in [0.3, 0.4) is 0 Å². The van der Waals surface area contributed by atoms with Gasteiger partial charge in [-0.1, -0.05) is 0 Å². The van der Waals surface area contributed by atoms with Gasteiger partial charge in [0.1, 0.15) is 11.3 Å².